The lowest BCUT2D eigenvalue weighted by Crippen LogP contribution is -2.56. The van der Waals surface area contributed by atoms with E-state index in [2.05, 4.69) is 22.5 Å². The molecule has 4 rings (SSSR count). The second-order valence-electron chi connectivity index (χ2n) is 9.72. The highest BCUT2D eigenvalue weighted by Crippen LogP contribution is 2.60. The van der Waals surface area contributed by atoms with E-state index in [-0.39, 0.29) is 29.9 Å². The molecule has 0 saturated carbocycles. The maximum absolute atomic E-state index is 14.3. The summed E-state index contributed by atoms with van der Waals surface area (Å²) in [5.74, 6) is -2.40. The van der Waals surface area contributed by atoms with Gasteiger partial charge < -0.3 is 24.4 Å². The van der Waals surface area contributed by atoms with Gasteiger partial charge in [-0.3, -0.25) is 14.4 Å². The summed E-state index contributed by atoms with van der Waals surface area (Å²) in [7, 11) is 0. The fourth-order valence-corrected chi connectivity index (χ4v) is 7.04. The van der Waals surface area contributed by atoms with E-state index >= 15 is 0 Å². The molecule has 8 nitrogen and oxygen atoms in total. The zero-order chi connectivity index (χ0) is 25.9. The van der Waals surface area contributed by atoms with Crippen molar-refractivity contribution in [1.82, 2.24) is 9.80 Å². The number of aliphatic hydroxyl groups excluding tert-OH is 1. The molecule has 3 saturated heterocycles. The van der Waals surface area contributed by atoms with E-state index < -0.39 is 35.6 Å². The number of ether oxygens (including phenoxy) is 2. The predicted molar refractivity (Wildman–Crippen MR) is 137 cm³/mol. The van der Waals surface area contributed by atoms with Crippen molar-refractivity contribution >= 4 is 33.7 Å². The van der Waals surface area contributed by atoms with E-state index in [9.17, 15) is 19.5 Å². The number of aliphatic hydroxyl groups is 1. The smallest absolute Gasteiger partial charge is 0.312 e. The molecule has 36 heavy (non-hydrogen) atoms. The molecule has 3 aliphatic rings. The van der Waals surface area contributed by atoms with Gasteiger partial charge in [-0.05, 0) is 38.2 Å². The highest BCUT2D eigenvalue weighted by molar-refractivity contribution is 9.09. The Kier molecular flexibility index (Phi) is 8.52. The largest absolute Gasteiger partial charge is 0.466 e. The second-order valence-corrected chi connectivity index (χ2v) is 10.9. The van der Waals surface area contributed by atoms with Crippen LogP contribution >= 0.6 is 15.9 Å². The van der Waals surface area contributed by atoms with Crippen molar-refractivity contribution in [2.75, 3.05) is 26.3 Å². The highest BCUT2D eigenvalue weighted by atomic mass is 79.9. The summed E-state index contributed by atoms with van der Waals surface area (Å²) < 4.78 is 11.8. The molecule has 1 aromatic carbocycles. The van der Waals surface area contributed by atoms with Gasteiger partial charge in [0, 0.05) is 31.1 Å². The number of hydrogen-bond acceptors (Lipinski definition) is 6. The Morgan fingerprint density at radius 3 is 2.72 bits per heavy atom. The van der Waals surface area contributed by atoms with Crippen LogP contribution in [0.5, 0.6) is 0 Å². The molecule has 9 heteroatoms. The number of hydrogen-bond donors (Lipinski definition) is 1. The molecule has 2 amide bonds. The quantitative estimate of drug-likeness (QED) is 0.182. The first kappa shape index (κ1) is 26.8. The maximum atomic E-state index is 14.3. The van der Waals surface area contributed by atoms with Gasteiger partial charge in [0.1, 0.15) is 11.6 Å². The second kappa shape index (κ2) is 11.4. The van der Waals surface area contributed by atoms with Crippen LogP contribution in [-0.2, 0) is 30.4 Å². The minimum atomic E-state index is -1.10. The van der Waals surface area contributed by atoms with E-state index in [1.807, 2.05) is 30.3 Å². The molecule has 3 heterocycles. The molecule has 2 bridgehead atoms. The summed E-state index contributed by atoms with van der Waals surface area (Å²) in [6, 6.07) is 8.84. The summed E-state index contributed by atoms with van der Waals surface area (Å²) in [4.78, 5) is 44.3. The molecule has 3 aliphatic heterocycles. The van der Waals surface area contributed by atoms with E-state index in [1.165, 1.54) is 0 Å². The molecule has 0 radical (unpaired) electrons. The number of halogens is 1. The van der Waals surface area contributed by atoms with Gasteiger partial charge in [0.2, 0.25) is 11.8 Å². The number of esters is 1. The van der Waals surface area contributed by atoms with Crippen molar-refractivity contribution in [2.24, 2.45) is 11.8 Å². The molecule has 6 atom stereocenters. The minimum Gasteiger partial charge on any atom is -0.466 e. The number of nitrogens with zero attached hydrogens (tertiary/aromatic N) is 2. The number of rotatable bonds is 12. The zero-order valence-corrected chi connectivity index (χ0v) is 22.3. The number of amides is 2. The fourth-order valence-electron chi connectivity index (χ4n) is 6.09. The number of carbonyl (C=O) groups excluding carboxylic acids is 3. The number of fused-ring (bicyclic) bond motifs is 1. The molecule has 1 spiro atoms. The monoisotopic (exact) mass is 562 g/mol. The summed E-state index contributed by atoms with van der Waals surface area (Å²) in [6.45, 7) is 6.91. The highest BCUT2D eigenvalue weighted by Gasteiger charge is 2.77. The Hall–Kier alpha value is -2.23. The van der Waals surface area contributed by atoms with Gasteiger partial charge in [0.25, 0.3) is 0 Å². The summed E-state index contributed by atoms with van der Waals surface area (Å²) in [5, 5.41) is 9.19. The first-order chi connectivity index (χ1) is 17.4. The van der Waals surface area contributed by atoms with Crippen molar-refractivity contribution < 1.29 is 29.0 Å². The lowest BCUT2D eigenvalue weighted by Gasteiger charge is -2.37. The first-order valence-corrected chi connectivity index (χ1v) is 13.6. The van der Waals surface area contributed by atoms with Gasteiger partial charge in [-0.25, -0.2) is 0 Å². The van der Waals surface area contributed by atoms with Crippen LogP contribution in [0, 0.1) is 11.8 Å². The Bertz CT molecular complexity index is 974. The van der Waals surface area contributed by atoms with Gasteiger partial charge in [0.15, 0.2) is 0 Å². The average Bonchev–Trinajstić information content (AvgIpc) is 3.45. The van der Waals surface area contributed by atoms with Crippen LogP contribution in [0.15, 0.2) is 43.0 Å². The van der Waals surface area contributed by atoms with Crippen LogP contribution in [0.3, 0.4) is 0 Å². The van der Waals surface area contributed by atoms with Crippen molar-refractivity contribution in [1.29, 1.82) is 0 Å². The van der Waals surface area contributed by atoms with Crippen LogP contribution in [0.1, 0.15) is 38.2 Å². The molecule has 1 aromatic rings. The SMILES string of the molecule is C=CCN(Cc1ccccc1)C(=O)C1N(CCCCCO)C(=O)[C@@H]2[C@H](C(=O)OCC)[C@H]3OC12CC3Br. The van der Waals surface area contributed by atoms with Gasteiger partial charge in [-0.2, -0.15) is 0 Å². The van der Waals surface area contributed by atoms with Gasteiger partial charge in [0.05, 0.1) is 24.5 Å². The maximum Gasteiger partial charge on any atom is 0.312 e. The third-order valence-corrected chi connectivity index (χ3v) is 8.36. The van der Waals surface area contributed by atoms with Crippen LogP contribution in [0.25, 0.3) is 0 Å². The molecule has 196 valence electrons. The third-order valence-electron chi connectivity index (χ3n) is 7.52. The van der Waals surface area contributed by atoms with Gasteiger partial charge in [-0.1, -0.05) is 52.3 Å². The summed E-state index contributed by atoms with van der Waals surface area (Å²) in [5.41, 5.74) is -0.127. The third kappa shape index (κ3) is 4.73. The molecule has 0 aliphatic carbocycles. The number of likely N-dealkylation sites (tertiary alicyclic amines) is 1. The Morgan fingerprint density at radius 1 is 1.31 bits per heavy atom. The Balaban J connectivity index is 1.70. The molecule has 1 N–H and O–H groups in total. The zero-order valence-electron chi connectivity index (χ0n) is 20.7. The van der Waals surface area contributed by atoms with Gasteiger partial charge >= 0.3 is 5.97 Å². The molecule has 0 aromatic heterocycles. The van der Waals surface area contributed by atoms with Crippen LogP contribution in [0.2, 0.25) is 0 Å². The van der Waals surface area contributed by atoms with Crippen molar-refractivity contribution in [3.63, 3.8) is 0 Å². The predicted octanol–water partition coefficient (Wildman–Crippen LogP) is 2.67. The molecular weight excluding hydrogens is 528 g/mol. The first-order valence-electron chi connectivity index (χ1n) is 12.7. The van der Waals surface area contributed by atoms with Gasteiger partial charge in [-0.15, -0.1) is 6.58 Å². The summed E-state index contributed by atoms with van der Waals surface area (Å²) >= 11 is 3.67. The van der Waals surface area contributed by atoms with Crippen LogP contribution in [0.4, 0.5) is 0 Å². The average molecular weight is 563 g/mol. The van der Waals surface area contributed by atoms with Crippen molar-refractivity contribution in [3.8, 4) is 0 Å². The van der Waals surface area contributed by atoms with Crippen LogP contribution < -0.4 is 0 Å². The van der Waals surface area contributed by atoms with E-state index in [0.29, 0.717) is 38.9 Å². The number of carbonyl (C=O) groups is 3. The normalized spacial score (nSPS) is 30.4. The molecule has 3 unspecified atom stereocenters. The summed E-state index contributed by atoms with van der Waals surface area (Å²) in [6.07, 6.45) is 3.61. The molecular formula is C27H35BrN2O6. The van der Waals surface area contributed by atoms with E-state index in [0.717, 1.165) is 12.0 Å². The standard InChI is InChI=1S/C27H35BrN2O6/c1-3-13-29(17-18-11-7-5-8-12-18)25(33)23-27-16-19(28)22(36-27)20(26(34)35-4-2)21(27)24(32)30(23)14-9-6-10-15-31/h3,5,7-8,11-12,19-23,31H,1,4,6,9-10,13-17H2,2H3/t19?,20-,21-,22-,23?,27?/m0/s1. The van der Waals surface area contributed by atoms with Crippen LogP contribution in [-0.4, -0.2) is 81.6 Å². The minimum absolute atomic E-state index is 0.0774. The Labute approximate surface area is 220 Å². The number of alkyl halides is 1. The van der Waals surface area contributed by atoms with Crippen molar-refractivity contribution in [2.45, 2.75) is 61.7 Å². The number of benzene rings is 1. The van der Waals surface area contributed by atoms with E-state index in [1.54, 1.807) is 22.8 Å². The molecule has 3 fully saturated rings. The Morgan fingerprint density at radius 2 is 2.06 bits per heavy atom. The number of unbranched alkanes of at least 4 members (excludes halogenated alkanes) is 2. The van der Waals surface area contributed by atoms with Crippen molar-refractivity contribution in [3.05, 3.63) is 48.6 Å². The fraction of sp³-hybridized carbons (Fsp3) is 0.593. The lowest BCUT2D eigenvalue weighted by molar-refractivity contribution is -0.154. The van der Waals surface area contributed by atoms with E-state index in [4.69, 9.17) is 9.47 Å². The lowest BCUT2D eigenvalue weighted by atomic mass is 9.70. The topological polar surface area (TPSA) is 96.4 Å².